The highest BCUT2D eigenvalue weighted by atomic mass is 19.1. The van der Waals surface area contributed by atoms with E-state index in [2.05, 4.69) is 12.2 Å². The normalized spacial score (nSPS) is 12.5. The number of halogens is 1. The van der Waals surface area contributed by atoms with Gasteiger partial charge in [-0.15, -0.1) is 0 Å². The van der Waals surface area contributed by atoms with Crippen LogP contribution in [0.1, 0.15) is 32.4 Å². The van der Waals surface area contributed by atoms with Gasteiger partial charge in [0.2, 0.25) is 0 Å². The van der Waals surface area contributed by atoms with E-state index in [1.165, 1.54) is 6.07 Å². The van der Waals surface area contributed by atoms with Gasteiger partial charge in [0.1, 0.15) is 11.6 Å². The van der Waals surface area contributed by atoms with Crippen LogP contribution in [-0.2, 0) is 0 Å². The summed E-state index contributed by atoms with van der Waals surface area (Å²) in [6, 6.07) is 13.0. The smallest absolute Gasteiger partial charge is 0.131 e. The van der Waals surface area contributed by atoms with Gasteiger partial charge in [-0.25, -0.2) is 4.39 Å². The van der Waals surface area contributed by atoms with E-state index in [4.69, 9.17) is 4.74 Å². The molecule has 0 radical (unpaired) electrons. The van der Waals surface area contributed by atoms with Crippen molar-refractivity contribution in [2.75, 3.05) is 7.05 Å². The Morgan fingerprint density at radius 1 is 1.05 bits per heavy atom. The molecule has 0 aliphatic heterocycles. The molecule has 1 unspecified atom stereocenters. The molecule has 2 rings (SSSR count). The molecule has 0 aromatic heterocycles. The van der Waals surface area contributed by atoms with Gasteiger partial charge in [-0.05, 0) is 63.2 Å². The van der Waals surface area contributed by atoms with Crippen molar-refractivity contribution in [3.8, 4) is 16.9 Å². The van der Waals surface area contributed by atoms with Crippen molar-refractivity contribution < 1.29 is 9.13 Å². The number of nitrogens with one attached hydrogen (secondary N) is 1. The average molecular weight is 287 g/mol. The maximum absolute atomic E-state index is 14.2. The zero-order valence-corrected chi connectivity index (χ0v) is 13.0. The number of rotatable bonds is 5. The summed E-state index contributed by atoms with van der Waals surface area (Å²) in [5, 5.41) is 3.17. The molecule has 0 amide bonds. The van der Waals surface area contributed by atoms with Crippen LogP contribution in [0.4, 0.5) is 4.39 Å². The molecule has 0 saturated heterocycles. The maximum atomic E-state index is 14.2. The number of hydrogen-bond donors (Lipinski definition) is 1. The van der Waals surface area contributed by atoms with E-state index >= 15 is 0 Å². The Hall–Kier alpha value is -1.87. The lowest BCUT2D eigenvalue weighted by Gasteiger charge is -2.14. The standard InChI is InChI=1S/C18H22FNO/c1-12(2)21-16-7-5-6-15(10-16)17-11-14(13(3)20-4)8-9-18(17)19/h5-13,20H,1-4H3. The molecule has 21 heavy (non-hydrogen) atoms. The maximum Gasteiger partial charge on any atom is 0.131 e. The first-order chi connectivity index (χ1) is 10.0. The summed E-state index contributed by atoms with van der Waals surface area (Å²) < 4.78 is 19.8. The predicted octanol–water partition coefficient (Wildman–Crippen LogP) is 4.56. The molecule has 2 aromatic carbocycles. The highest BCUT2D eigenvalue weighted by molar-refractivity contribution is 5.66. The van der Waals surface area contributed by atoms with Gasteiger partial charge in [0, 0.05) is 11.6 Å². The second-order valence-corrected chi connectivity index (χ2v) is 5.44. The van der Waals surface area contributed by atoms with E-state index < -0.39 is 0 Å². The van der Waals surface area contributed by atoms with Crippen molar-refractivity contribution >= 4 is 0 Å². The van der Waals surface area contributed by atoms with E-state index in [1.807, 2.05) is 57.3 Å². The van der Waals surface area contributed by atoms with Crippen molar-refractivity contribution in [1.29, 1.82) is 0 Å². The third kappa shape index (κ3) is 3.82. The highest BCUT2D eigenvalue weighted by Gasteiger charge is 2.10. The van der Waals surface area contributed by atoms with Gasteiger partial charge in [-0.2, -0.15) is 0 Å². The van der Waals surface area contributed by atoms with Gasteiger partial charge >= 0.3 is 0 Å². The number of ether oxygens (including phenoxy) is 1. The van der Waals surface area contributed by atoms with Crippen LogP contribution >= 0.6 is 0 Å². The van der Waals surface area contributed by atoms with Crippen LogP contribution in [0.15, 0.2) is 42.5 Å². The third-order valence-electron chi connectivity index (χ3n) is 3.44. The van der Waals surface area contributed by atoms with Crippen LogP contribution < -0.4 is 10.1 Å². The highest BCUT2D eigenvalue weighted by Crippen LogP contribution is 2.29. The molecule has 3 heteroatoms. The molecule has 0 fully saturated rings. The summed E-state index contributed by atoms with van der Waals surface area (Å²) in [7, 11) is 1.89. The Morgan fingerprint density at radius 2 is 1.81 bits per heavy atom. The fourth-order valence-corrected chi connectivity index (χ4v) is 2.21. The summed E-state index contributed by atoms with van der Waals surface area (Å²) in [6.07, 6.45) is 0.0979. The van der Waals surface area contributed by atoms with Crippen molar-refractivity contribution in [3.63, 3.8) is 0 Å². The molecule has 2 nitrogen and oxygen atoms in total. The monoisotopic (exact) mass is 287 g/mol. The first-order valence-electron chi connectivity index (χ1n) is 7.25. The molecular formula is C18H22FNO. The van der Waals surface area contributed by atoms with E-state index in [1.54, 1.807) is 0 Å². The minimum absolute atomic E-state index is 0.0979. The van der Waals surface area contributed by atoms with Crippen LogP contribution in [0.25, 0.3) is 11.1 Å². The summed E-state index contributed by atoms with van der Waals surface area (Å²) in [4.78, 5) is 0. The number of hydrogen-bond acceptors (Lipinski definition) is 2. The fraction of sp³-hybridized carbons (Fsp3) is 0.333. The van der Waals surface area contributed by atoms with Crippen molar-refractivity contribution in [1.82, 2.24) is 5.32 Å². The van der Waals surface area contributed by atoms with Crippen LogP contribution in [0.3, 0.4) is 0 Å². The first kappa shape index (κ1) is 15.5. The molecule has 1 atom stereocenters. The van der Waals surface area contributed by atoms with Crippen LogP contribution in [0.5, 0.6) is 5.75 Å². The van der Waals surface area contributed by atoms with Crippen molar-refractivity contribution in [2.24, 2.45) is 0 Å². The predicted molar refractivity (Wildman–Crippen MR) is 85.1 cm³/mol. The average Bonchev–Trinajstić information content (AvgIpc) is 2.46. The van der Waals surface area contributed by atoms with Gasteiger partial charge in [0.05, 0.1) is 6.10 Å². The summed E-state index contributed by atoms with van der Waals surface area (Å²) >= 11 is 0. The molecule has 0 aliphatic carbocycles. The Bertz CT molecular complexity index is 610. The lowest BCUT2D eigenvalue weighted by molar-refractivity contribution is 0.242. The molecule has 0 bridgehead atoms. The third-order valence-corrected chi connectivity index (χ3v) is 3.44. The Morgan fingerprint density at radius 3 is 2.48 bits per heavy atom. The number of benzene rings is 2. The summed E-state index contributed by atoms with van der Waals surface area (Å²) in [6.45, 7) is 6.00. The van der Waals surface area contributed by atoms with E-state index in [-0.39, 0.29) is 18.0 Å². The van der Waals surface area contributed by atoms with Gasteiger partial charge in [-0.3, -0.25) is 0 Å². The van der Waals surface area contributed by atoms with E-state index in [9.17, 15) is 4.39 Å². The molecule has 0 aliphatic rings. The molecule has 112 valence electrons. The van der Waals surface area contributed by atoms with Crippen LogP contribution in [0.2, 0.25) is 0 Å². The van der Waals surface area contributed by atoms with Crippen molar-refractivity contribution in [3.05, 3.63) is 53.8 Å². The summed E-state index contributed by atoms with van der Waals surface area (Å²) in [5.74, 6) is 0.540. The zero-order chi connectivity index (χ0) is 15.4. The lowest BCUT2D eigenvalue weighted by atomic mass is 9.99. The minimum atomic E-state index is -0.219. The van der Waals surface area contributed by atoms with Crippen molar-refractivity contribution in [2.45, 2.75) is 32.9 Å². The first-order valence-corrected chi connectivity index (χ1v) is 7.25. The zero-order valence-electron chi connectivity index (χ0n) is 13.0. The van der Waals surface area contributed by atoms with Gasteiger partial charge in [0.15, 0.2) is 0 Å². The molecule has 0 saturated carbocycles. The van der Waals surface area contributed by atoms with Gasteiger partial charge in [-0.1, -0.05) is 18.2 Å². The minimum Gasteiger partial charge on any atom is -0.491 e. The van der Waals surface area contributed by atoms with Gasteiger partial charge < -0.3 is 10.1 Å². The Kier molecular flexibility index (Phi) is 4.97. The summed E-state index contributed by atoms with van der Waals surface area (Å²) in [5.41, 5.74) is 2.49. The Balaban J connectivity index is 2.41. The van der Waals surface area contributed by atoms with E-state index in [0.29, 0.717) is 5.56 Å². The second-order valence-electron chi connectivity index (χ2n) is 5.44. The molecule has 1 N–H and O–H groups in total. The largest absolute Gasteiger partial charge is 0.491 e. The topological polar surface area (TPSA) is 21.3 Å². The van der Waals surface area contributed by atoms with Crippen LogP contribution in [0, 0.1) is 5.82 Å². The Labute approximate surface area is 126 Å². The van der Waals surface area contributed by atoms with Gasteiger partial charge in [0.25, 0.3) is 0 Å². The van der Waals surface area contributed by atoms with E-state index in [0.717, 1.165) is 16.9 Å². The SMILES string of the molecule is CNC(C)c1ccc(F)c(-c2cccc(OC(C)C)c2)c1. The quantitative estimate of drug-likeness (QED) is 0.870. The lowest BCUT2D eigenvalue weighted by Crippen LogP contribution is -2.12. The molecule has 0 heterocycles. The molecule has 2 aromatic rings. The molecular weight excluding hydrogens is 265 g/mol. The fourth-order valence-electron chi connectivity index (χ4n) is 2.21. The molecule has 0 spiro atoms. The van der Waals surface area contributed by atoms with Crippen LogP contribution in [-0.4, -0.2) is 13.2 Å². The second kappa shape index (κ2) is 6.72.